The Morgan fingerprint density at radius 2 is 2.10 bits per heavy atom. The van der Waals surface area contributed by atoms with Gasteiger partial charge >= 0.3 is 0 Å². The maximum atomic E-state index is 6.25. The Balaban J connectivity index is 2.21. The third-order valence-electron chi connectivity index (χ3n) is 3.12. The van der Waals surface area contributed by atoms with Crippen LogP contribution in [0.4, 0.5) is 0 Å². The highest BCUT2D eigenvalue weighted by Gasteiger charge is 2.12. The van der Waals surface area contributed by atoms with Gasteiger partial charge in [0.05, 0.1) is 23.2 Å². The van der Waals surface area contributed by atoms with Crippen LogP contribution < -0.4 is 10.1 Å². The minimum absolute atomic E-state index is 0.337. The molecular formula is C15H19Cl2N3O. The fraction of sp³-hybridized carbons (Fsp3) is 0.400. The van der Waals surface area contributed by atoms with Gasteiger partial charge in [0.1, 0.15) is 12.4 Å². The Labute approximate surface area is 135 Å². The molecule has 1 heterocycles. The van der Waals surface area contributed by atoms with Crippen LogP contribution in [0.3, 0.4) is 0 Å². The monoisotopic (exact) mass is 327 g/mol. The Kier molecular flexibility index (Phi) is 5.51. The van der Waals surface area contributed by atoms with Gasteiger partial charge in [0.2, 0.25) is 0 Å². The van der Waals surface area contributed by atoms with E-state index < -0.39 is 0 Å². The lowest BCUT2D eigenvalue weighted by atomic mass is 10.2. The largest absolute Gasteiger partial charge is 0.485 e. The molecule has 0 radical (unpaired) electrons. The first-order valence-electron chi connectivity index (χ1n) is 6.79. The van der Waals surface area contributed by atoms with E-state index in [1.165, 1.54) is 0 Å². The molecule has 2 aromatic rings. The molecule has 0 unspecified atom stereocenters. The number of imidazole rings is 1. The number of hydrogen-bond acceptors (Lipinski definition) is 3. The van der Waals surface area contributed by atoms with Crippen LogP contribution in [0, 0.1) is 0 Å². The summed E-state index contributed by atoms with van der Waals surface area (Å²) in [5.41, 5.74) is 1.94. The maximum absolute atomic E-state index is 6.25. The fourth-order valence-electron chi connectivity index (χ4n) is 2.15. The van der Waals surface area contributed by atoms with Gasteiger partial charge in [-0.1, -0.05) is 23.2 Å². The molecule has 1 aromatic heterocycles. The molecule has 0 aliphatic rings. The molecule has 0 fully saturated rings. The molecule has 4 nitrogen and oxygen atoms in total. The van der Waals surface area contributed by atoms with Gasteiger partial charge in [-0.05, 0) is 33.0 Å². The first-order valence-corrected chi connectivity index (χ1v) is 7.54. The van der Waals surface area contributed by atoms with E-state index in [0.717, 1.165) is 11.3 Å². The molecular weight excluding hydrogens is 309 g/mol. The average molecular weight is 328 g/mol. The number of rotatable bonds is 6. The van der Waals surface area contributed by atoms with E-state index in [1.807, 2.05) is 19.3 Å². The van der Waals surface area contributed by atoms with Crippen LogP contribution in [-0.4, -0.2) is 16.6 Å². The van der Waals surface area contributed by atoms with Crippen molar-refractivity contribution in [2.75, 3.05) is 7.05 Å². The lowest BCUT2D eigenvalue weighted by Gasteiger charge is -2.16. The standard InChI is InChI=1S/C15H19Cl2N3O/c1-10(2)20-9-19-7-13(20)8-21-15-11(6-18-3)4-12(16)5-14(15)17/h4-5,7,9-10,18H,6,8H2,1-3H3. The molecule has 0 saturated heterocycles. The predicted octanol–water partition coefficient (Wildman–Crippen LogP) is 4.07. The van der Waals surface area contributed by atoms with Gasteiger partial charge in [-0.25, -0.2) is 4.98 Å². The summed E-state index contributed by atoms with van der Waals surface area (Å²) in [5, 5.41) is 4.21. The van der Waals surface area contributed by atoms with E-state index in [4.69, 9.17) is 27.9 Å². The summed E-state index contributed by atoms with van der Waals surface area (Å²) in [6.07, 6.45) is 3.61. The molecule has 0 spiro atoms. The zero-order chi connectivity index (χ0) is 15.4. The lowest BCUT2D eigenvalue weighted by Crippen LogP contribution is -2.10. The number of aromatic nitrogens is 2. The van der Waals surface area contributed by atoms with Crippen LogP contribution in [0.25, 0.3) is 0 Å². The third-order valence-corrected chi connectivity index (χ3v) is 3.62. The molecule has 0 aliphatic carbocycles. The zero-order valence-corrected chi connectivity index (χ0v) is 13.9. The summed E-state index contributed by atoms with van der Waals surface area (Å²) in [6, 6.07) is 3.89. The minimum Gasteiger partial charge on any atom is -0.485 e. The van der Waals surface area contributed by atoms with E-state index in [1.54, 1.807) is 12.4 Å². The number of nitrogens with zero attached hydrogens (tertiary/aromatic N) is 2. The lowest BCUT2D eigenvalue weighted by molar-refractivity contribution is 0.289. The van der Waals surface area contributed by atoms with E-state index in [9.17, 15) is 0 Å². The first kappa shape index (κ1) is 16.1. The van der Waals surface area contributed by atoms with Crippen molar-refractivity contribution in [3.8, 4) is 5.75 Å². The molecule has 0 bridgehead atoms. The summed E-state index contributed by atoms with van der Waals surface area (Å²) < 4.78 is 7.99. The highest BCUT2D eigenvalue weighted by molar-refractivity contribution is 6.35. The highest BCUT2D eigenvalue weighted by Crippen LogP contribution is 2.33. The third kappa shape index (κ3) is 3.90. The zero-order valence-electron chi connectivity index (χ0n) is 12.4. The van der Waals surface area contributed by atoms with Gasteiger partial charge in [0, 0.05) is 23.2 Å². The highest BCUT2D eigenvalue weighted by atomic mass is 35.5. The Morgan fingerprint density at radius 1 is 1.33 bits per heavy atom. The summed E-state index contributed by atoms with van der Waals surface area (Å²) in [5.74, 6) is 0.659. The van der Waals surface area contributed by atoms with Gasteiger partial charge in [-0.15, -0.1) is 0 Å². The number of benzene rings is 1. The quantitative estimate of drug-likeness (QED) is 0.869. The molecule has 1 N–H and O–H groups in total. The summed E-state index contributed by atoms with van der Waals surface area (Å²) in [7, 11) is 1.87. The Morgan fingerprint density at radius 3 is 2.76 bits per heavy atom. The van der Waals surface area contributed by atoms with Crippen LogP contribution in [0.15, 0.2) is 24.7 Å². The number of halogens is 2. The second-order valence-corrected chi connectivity index (χ2v) is 5.92. The molecule has 0 saturated carbocycles. The van der Waals surface area contributed by atoms with Gasteiger partial charge in [0.15, 0.2) is 0 Å². The van der Waals surface area contributed by atoms with Crippen molar-refractivity contribution < 1.29 is 4.74 Å². The Hall–Kier alpha value is -1.23. The van der Waals surface area contributed by atoms with Crippen molar-refractivity contribution in [1.82, 2.24) is 14.9 Å². The number of nitrogens with one attached hydrogen (secondary N) is 1. The van der Waals surface area contributed by atoms with Gasteiger partial charge in [-0.3, -0.25) is 0 Å². The molecule has 6 heteroatoms. The maximum Gasteiger partial charge on any atom is 0.143 e. The van der Waals surface area contributed by atoms with Crippen LogP contribution in [0.5, 0.6) is 5.75 Å². The van der Waals surface area contributed by atoms with E-state index >= 15 is 0 Å². The van der Waals surface area contributed by atoms with Crippen LogP contribution in [-0.2, 0) is 13.2 Å². The van der Waals surface area contributed by atoms with Crippen molar-refractivity contribution in [3.63, 3.8) is 0 Å². The summed E-state index contributed by atoms with van der Waals surface area (Å²) in [4.78, 5) is 4.17. The van der Waals surface area contributed by atoms with Gasteiger partial charge in [-0.2, -0.15) is 0 Å². The fourth-order valence-corrected chi connectivity index (χ4v) is 2.74. The molecule has 2 rings (SSSR count). The van der Waals surface area contributed by atoms with Crippen LogP contribution in [0.2, 0.25) is 10.0 Å². The predicted molar refractivity (Wildman–Crippen MR) is 86.2 cm³/mol. The van der Waals surface area contributed by atoms with Crippen molar-refractivity contribution in [2.45, 2.75) is 33.0 Å². The van der Waals surface area contributed by atoms with Gasteiger partial charge in [0.25, 0.3) is 0 Å². The molecule has 0 atom stereocenters. The molecule has 0 amide bonds. The molecule has 114 valence electrons. The minimum atomic E-state index is 0.337. The number of hydrogen-bond donors (Lipinski definition) is 1. The normalized spacial score (nSPS) is 11.1. The second kappa shape index (κ2) is 7.16. The number of ether oxygens (including phenoxy) is 1. The van der Waals surface area contributed by atoms with Crippen molar-refractivity contribution in [2.24, 2.45) is 0 Å². The van der Waals surface area contributed by atoms with E-state index in [-0.39, 0.29) is 0 Å². The summed E-state index contributed by atoms with van der Waals surface area (Å²) in [6.45, 7) is 5.26. The van der Waals surface area contributed by atoms with E-state index in [2.05, 4.69) is 28.7 Å². The molecule has 21 heavy (non-hydrogen) atoms. The van der Waals surface area contributed by atoms with Crippen molar-refractivity contribution in [1.29, 1.82) is 0 Å². The average Bonchev–Trinajstić information content (AvgIpc) is 2.86. The SMILES string of the molecule is CNCc1cc(Cl)cc(Cl)c1OCc1cncn1C(C)C. The van der Waals surface area contributed by atoms with Crippen LogP contribution in [0.1, 0.15) is 31.1 Å². The molecule has 0 aliphatic heterocycles. The second-order valence-electron chi connectivity index (χ2n) is 5.08. The topological polar surface area (TPSA) is 39.1 Å². The van der Waals surface area contributed by atoms with Crippen molar-refractivity contribution in [3.05, 3.63) is 46.0 Å². The summed E-state index contributed by atoms with van der Waals surface area (Å²) >= 11 is 12.3. The van der Waals surface area contributed by atoms with Crippen LogP contribution >= 0.6 is 23.2 Å². The first-order chi connectivity index (χ1) is 10.0. The smallest absolute Gasteiger partial charge is 0.143 e. The van der Waals surface area contributed by atoms with E-state index in [0.29, 0.717) is 35.0 Å². The van der Waals surface area contributed by atoms with Crippen molar-refractivity contribution >= 4 is 23.2 Å². The molecule has 1 aromatic carbocycles. The Bertz CT molecular complexity index is 611. The van der Waals surface area contributed by atoms with Gasteiger partial charge < -0.3 is 14.6 Å².